The summed E-state index contributed by atoms with van der Waals surface area (Å²) in [5.74, 6) is 0.455. The third-order valence-corrected chi connectivity index (χ3v) is 3.90. The van der Waals surface area contributed by atoms with Gasteiger partial charge in [-0.05, 0) is 47.8 Å². The van der Waals surface area contributed by atoms with Crippen molar-refractivity contribution in [3.05, 3.63) is 28.8 Å². The second kappa shape index (κ2) is 4.27. The van der Waals surface area contributed by atoms with Crippen LogP contribution in [0.15, 0.2) is 12.1 Å². The average Bonchev–Trinajstić information content (AvgIpc) is 2.97. The van der Waals surface area contributed by atoms with Crippen LogP contribution in [0.3, 0.4) is 0 Å². The highest BCUT2D eigenvalue weighted by molar-refractivity contribution is 5.48. The van der Waals surface area contributed by atoms with Crippen molar-refractivity contribution in [2.24, 2.45) is 5.73 Å². The van der Waals surface area contributed by atoms with Crippen LogP contribution in [-0.2, 0) is 18.3 Å². The van der Waals surface area contributed by atoms with Crippen molar-refractivity contribution in [2.45, 2.75) is 64.3 Å². The van der Waals surface area contributed by atoms with Gasteiger partial charge in [0.05, 0.1) is 0 Å². The zero-order valence-electron chi connectivity index (χ0n) is 12.0. The summed E-state index contributed by atoms with van der Waals surface area (Å²) in [7, 11) is 0. The normalized spacial score (nSPS) is 17.8. The Morgan fingerprint density at radius 2 is 1.89 bits per heavy atom. The van der Waals surface area contributed by atoms with E-state index in [9.17, 15) is 5.11 Å². The summed E-state index contributed by atoms with van der Waals surface area (Å²) in [4.78, 5) is 0. The number of aryl methyl sites for hydroxylation is 1. The third-order valence-electron chi connectivity index (χ3n) is 3.90. The lowest BCUT2D eigenvalue weighted by Gasteiger charge is -2.24. The largest absolute Gasteiger partial charge is 0.507 e. The highest BCUT2D eigenvalue weighted by Gasteiger charge is 2.39. The number of nitrogens with two attached hydrogens (primary N) is 1. The molecule has 0 bridgehead atoms. The Morgan fingerprint density at radius 3 is 2.33 bits per heavy atom. The Bertz CT molecular complexity index is 453. The summed E-state index contributed by atoms with van der Waals surface area (Å²) in [6.45, 7) is 8.57. The molecule has 0 radical (unpaired) electrons. The molecule has 2 heteroatoms. The third kappa shape index (κ3) is 2.69. The predicted octanol–water partition coefficient (Wildman–Crippen LogP) is 3.29. The smallest absolute Gasteiger partial charge is 0.122 e. The van der Waals surface area contributed by atoms with Gasteiger partial charge >= 0.3 is 0 Å². The second-order valence-corrected chi connectivity index (χ2v) is 6.79. The van der Waals surface area contributed by atoms with Gasteiger partial charge in [0.25, 0.3) is 0 Å². The van der Waals surface area contributed by atoms with Crippen LogP contribution in [0, 0.1) is 0 Å². The summed E-state index contributed by atoms with van der Waals surface area (Å²) >= 11 is 0. The molecule has 0 amide bonds. The fourth-order valence-electron chi connectivity index (χ4n) is 2.39. The van der Waals surface area contributed by atoms with Crippen molar-refractivity contribution in [1.29, 1.82) is 0 Å². The molecule has 1 aliphatic carbocycles. The summed E-state index contributed by atoms with van der Waals surface area (Å²) < 4.78 is 0. The van der Waals surface area contributed by atoms with Gasteiger partial charge in [-0.15, -0.1) is 0 Å². The monoisotopic (exact) mass is 247 g/mol. The summed E-state index contributed by atoms with van der Waals surface area (Å²) in [5, 5.41) is 10.5. The van der Waals surface area contributed by atoms with E-state index in [1.807, 2.05) is 0 Å². The van der Waals surface area contributed by atoms with Gasteiger partial charge in [-0.25, -0.2) is 0 Å². The molecule has 1 aromatic rings. The number of phenols is 1. The molecule has 2 rings (SSSR count). The van der Waals surface area contributed by atoms with Crippen LogP contribution in [-0.4, -0.2) is 10.6 Å². The lowest BCUT2D eigenvalue weighted by Crippen LogP contribution is -2.25. The first-order valence-corrected chi connectivity index (χ1v) is 6.89. The highest BCUT2D eigenvalue weighted by atomic mass is 16.3. The Hall–Kier alpha value is -1.02. The maximum atomic E-state index is 10.5. The van der Waals surface area contributed by atoms with E-state index >= 15 is 0 Å². The van der Waals surface area contributed by atoms with Crippen molar-refractivity contribution in [3.8, 4) is 5.75 Å². The first-order valence-electron chi connectivity index (χ1n) is 6.89. The zero-order chi connectivity index (χ0) is 13.6. The quantitative estimate of drug-likeness (QED) is 0.861. The van der Waals surface area contributed by atoms with Crippen LogP contribution < -0.4 is 5.73 Å². The molecule has 1 aliphatic rings. The average molecular weight is 247 g/mol. The van der Waals surface area contributed by atoms with Crippen molar-refractivity contribution in [1.82, 2.24) is 0 Å². The maximum absolute atomic E-state index is 10.5. The maximum Gasteiger partial charge on any atom is 0.122 e. The summed E-state index contributed by atoms with van der Waals surface area (Å²) in [6, 6.07) is 4.26. The SMILES string of the molecule is CCc1cc(CC2(N)CC2)c(O)c(C(C)(C)C)c1. The fourth-order valence-corrected chi connectivity index (χ4v) is 2.39. The standard InChI is InChI=1S/C16H25NO/c1-5-11-8-12(10-16(17)6-7-16)14(18)13(9-11)15(2,3)4/h8-9,18H,5-7,10,17H2,1-4H3. The molecule has 0 aromatic heterocycles. The van der Waals surface area contributed by atoms with Gasteiger partial charge in [0, 0.05) is 5.54 Å². The van der Waals surface area contributed by atoms with Gasteiger partial charge in [-0.2, -0.15) is 0 Å². The number of benzene rings is 1. The van der Waals surface area contributed by atoms with Crippen molar-refractivity contribution in [2.75, 3.05) is 0 Å². The molecule has 1 saturated carbocycles. The molecule has 1 fully saturated rings. The molecule has 0 atom stereocenters. The van der Waals surface area contributed by atoms with Gasteiger partial charge in [0.1, 0.15) is 5.75 Å². The molecule has 0 saturated heterocycles. The molecule has 18 heavy (non-hydrogen) atoms. The topological polar surface area (TPSA) is 46.2 Å². The van der Waals surface area contributed by atoms with Crippen LogP contribution in [0.2, 0.25) is 0 Å². The molecule has 0 spiro atoms. The minimum Gasteiger partial charge on any atom is -0.507 e. The molecular weight excluding hydrogens is 222 g/mol. The minimum absolute atomic E-state index is 0.0324. The molecule has 1 aromatic carbocycles. The zero-order valence-corrected chi connectivity index (χ0v) is 12.0. The molecule has 2 nitrogen and oxygen atoms in total. The van der Waals surface area contributed by atoms with Crippen molar-refractivity contribution in [3.63, 3.8) is 0 Å². The Kier molecular flexibility index (Phi) is 3.18. The minimum atomic E-state index is -0.0565. The first kappa shape index (κ1) is 13.4. The van der Waals surface area contributed by atoms with E-state index in [2.05, 4.69) is 39.8 Å². The van der Waals surface area contributed by atoms with E-state index in [4.69, 9.17) is 5.73 Å². The van der Waals surface area contributed by atoms with E-state index < -0.39 is 0 Å². The van der Waals surface area contributed by atoms with Crippen LogP contribution >= 0.6 is 0 Å². The number of rotatable bonds is 3. The van der Waals surface area contributed by atoms with Crippen LogP contribution in [0.5, 0.6) is 5.75 Å². The van der Waals surface area contributed by atoms with E-state index in [-0.39, 0.29) is 11.0 Å². The lowest BCUT2D eigenvalue weighted by molar-refractivity contribution is 0.436. The molecule has 0 aliphatic heterocycles. The molecule has 100 valence electrons. The predicted molar refractivity (Wildman–Crippen MR) is 76.0 cm³/mol. The Labute approximate surface area is 110 Å². The first-order chi connectivity index (χ1) is 8.25. The molecule has 0 unspecified atom stereocenters. The van der Waals surface area contributed by atoms with Crippen LogP contribution in [0.4, 0.5) is 0 Å². The molecular formula is C16H25NO. The van der Waals surface area contributed by atoms with Gasteiger partial charge in [0.15, 0.2) is 0 Å². The lowest BCUT2D eigenvalue weighted by atomic mass is 9.83. The highest BCUT2D eigenvalue weighted by Crippen LogP contribution is 2.41. The van der Waals surface area contributed by atoms with Gasteiger partial charge in [-0.1, -0.05) is 39.8 Å². The van der Waals surface area contributed by atoms with Gasteiger partial charge in [-0.3, -0.25) is 0 Å². The van der Waals surface area contributed by atoms with E-state index in [0.29, 0.717) is 5.75 Å². The van der Waals surface area contributed by atoms with E-state index in [0.717, 1.165) is 36.8 Å². The molecule has 0 heterocycles. The summed E-state index contributed by atoms with van der Waals surface area (Å²) in [5.41, 5.74) is 9.46. The van der Waals surface area contributed by atoms with E-state index in [1.165, 1.54) is 5.56 Å². The number of hydrogen-bond donors (Lipinski definition) is 2. The van der Waals surface area contributed by atoms with E-state index in [1.54, 1.807) is 0 Å². The molecule has 3 N–H and O–H groups in total. The fraction of sp³-hybridized carbons (Fsp3) is 0.625. The number of phenolic OH excluding ortho intramolecular Hbond substituents is 1. The number of hydrogen-bond acceptors (Lipinski definition) is 2. The van der Waals surface area contributed by atoms with Crippen molar-refractivity contribution >= 4 is 0 Å². The van der Waals surface area contributed by atoms with Crippen molar-refractivity contribution < 1.29 is 5.11 Å². The Balaban J connectivity index is 2.44. The Morgan fingerprint density at radius 1 is 1.28 bits per heavy atom. The van der Waals surface area contributed by atoms with Crippen LogP contribution in [0.25, 0.3) is 0 Å². The van der Waals surface area contributed by atoms with Crippen LogP contribution in [0.1, 0.15) is 57.2 Å². The summed E-state index contributed by atoms with van der Waals surface area (Å²) in [6.07, 6.45) is 3.95. The van der Waals surface area contributed by atoms with Gasteiger partial charge < -0.3 is 10.8 Å². The second-order valence-electron chi connectivity index (χ2n) is 6.79. The number of aromatic hydroxyl groups is 1. The van der Waals surface area contributed by atoms with Gasteiger partial charge in [0.2, 0.25) is 0 Å².